The summed E-state index contributed by atoms with van der Waals surface area (Å²) in [6.07, 6.45) is 2.42. The molecule has 6 heteroatoms. The summed E-state index contributed by atoms with van der Waals surface area (Å²) in [6.45, 7) is 6.79. The quantitative estimate of drug-likeness (QED) is 0.847. The molecule has 1 unspecified atom stereocenters. The van der Waals surface area contributed by atoms with Crippen LogP contribution in [0.15, 0.2) is 24.3 Å². The topological polar surface area (TPSA) is 72.9 Å². The van der Waals surface area contributed by atoms with Gasteiger partial charge >= 0.3 is 0 Å². The van der Waals surface area contributed by atoms with E-state index in [1.165, 1.54) is 0 Å². The third-order valence-corrected chi connectivity index (χ3v) is 5.40. The van der Waals surface area contributed by atoms with E-state index in [0.717, 1.165) is 31.5 Å². The number of aryl methyl sites for hydroxylation is 1. The Morgan fingerprint density at radius 3 is 2.65 bits per heavy atom. The van der Waals surface area contributed by atoms with Crippen LogP contribution in [0.2, 0.25) is 0 Å². The van der Waals surface area contributed by atoms with Crippen LogP contribution in [0.1, 0.15) is 42.1 Å². The Bertz CT molecular complexity index is 670. The molecule has 2 fully saturated rings. The highest BCUT2D eigenvalue weighted by Gasteiger charge is 2.40. The molecule has 1 atom stereocenters. The molecular weight excluding hydrogens is 330 g/mol. The van der Waals surface area contributed by atoms with E-state index in [1.807, 2.05) is 31.2 Å². The predicted octanol–water partition coefficient (Wildman–Crippen LogP) is 1.17. The molecule has 142 valence electrons. The lowest BCUT2D eigenvalue weighted by Crippen LogP contribution is -2.50. The minimum absolute atomic E-state index is 0.00556. The van der Waals surface area contributed by atoms with Crippen molar-refractivity contribution in [1.29, 1.82) is 0 Å². The third-order valence-electron chi connectivity index (χ3n) is 5.40. The summed E-state index contributed by atoms with van der Waals surface area (Å²) < 4.78 is 0. The van der Waals surface area contributed by atoms with Crippen LogP contribution in [0.25, 0.3) is 0 Å². The smallest absolute Gasteiger partial charge is 0.253 e. The monoisotopic (exact) mass is 359 g/mol. The molecule has 2 aliphatic heterocycles. The van der Waals surface area contributed by atoms with Gasteiger partial charge in [-0.3, -0.25) is 9.59 Å². The van der Waals surface area contributed by atoms with Crippen LogP contribution in [-0.2, 0) is 4.79 Å². The van der Waals surface area contributed by atoms with E-state index < -0.39 is 5.60 Å². The van der Waals surface area contributed by atoms with Crippen LogP contribution in [0.3, 0.4) is 0 Å². The number of benzene rings is 1. The largest absolute Gasteiger partial charge is 0.387 e. The Balaban J connectivity index is 1.52. The minimum atomic E-state index is -0.847. The van der Waals surface area contributed by atoms with Crippen LogP contribution >= 0.6 is 0 Å². The number of nitrogens with one attached hydrogen (secondary N) is 1. The summed E-state index contributed by atoms with van der Waals surface area (Å²) >= 11 is 0. The van der Waals surface area contributed by atoms with Crippen LogP contribution in [0.4, 0.5) is 0 Å². The fraction of sp³-hybridized carbons (Fsp3) is 0.600. The summed E-state index contributed by atoms with van der Waals surface area (Å²) in [5.74, 6) is 0.0113. The van der Waals surface area contributed by atoms with Gasteiger partial charge in [0.2, 0.25) is 5.91 Å². The number of hydrogen-bond acceptors (Lipinski definition) is 4. The highest BCUT2D eigenvalue weighted by atomic mass is 16.3. The van der Waals surface area contributed by atoms with Gasteiger partial charge in [-0.05, 0) is 38.3 Å². The fourth-order valence-electron chi connectivity index (χ4n) is 4.06. The molecule has 0 aromatic heterocycles. The van der Waals surface area contributed by atoms with E-state index in [2.05, 4.69) is 10.2 Å². The number of aliphatic hydroxyl groups is 1. The zero-order valence-corrected chi connectivity index (χ0v) is 15.7. The SMILES string of the molecule is CC(=O)NC1CCN(CC2(O)CCN(C(=O)c3cccc(C)c3)C2)CC1. The average Bonchev–Trinajstić information content (AvgIpc) is 2.97. The molecule has 2 aliphatic rings. The number of β-amino-alcohol motifs (C(OH)–C–C–N with tert-alkyl or cyclic N) is 1. The molecule has 0 spiro atoms. The van der Waals surface area contributed by atoms with Crippen molar-refractivity contribution in [2.45, 2.75) is 44.8 Å². The summed E-state index contributed by atoms with van der Waals surface area (Å²) in [6, 6.07) is 7.83. The second-order valence-electron chi connectivity index (χ2n) is 7.82. The van der Waals surface area contributed by atoms with Crippen LogP contribution in [-0.4, -0.2) is 71.1 Å². The van der Waals surface area contributed by atoms with E-state index in [9.17, 15) is 14.7 Å². The normalized spacial score (nSPS) is 24.7. The van der Waals surface area contributed by atoms with Gasteiger partial charge in [0.05, 0.1) is 12.1 Å². The summed E-state index contributed by atoms with van der Waals surface area (Å²) in [4.78, 5) is 27.9. The predicted molar refractivity (Wildman–Crippen MR) is 99.9 cm³/mol. The van der Waals surface area contributed by atoms with Gasteiger partial charge in [-0.1, -0.05) is 17.7 Å². The number of carbonyl (C=O) groups excluding carboxylic acids is 2. The van der Waals surface area contributed by atoms with E-state index in [4.69, 9.17) is 0 Å². The van der Waals surface area contributed by atoms with Gasteiger partial charge in [0, 0.05) is 44.7 Å². The molecule has 2 N–H and O–H groups in total. The van der Waals surface area contributed by atoms with Crippen LogP contribution < -0.4 is 5.32 Å². The second kappa shape index (κ2) is 7.76. The van der Waals surface area contributed by atoms with Crippen molar-refractivity contribution in [3.63, 3.8) is 0 Å². The van der Waals surface area contributed by atoms with Crippen molar-refractivity contribution in [3.05, 3.63) is 35.4 Å². The first-order valence-electron chi connectivity index (χ1n) is 9.42. The van der Waals surface area contributed by atoms with Crippen molar-refractivity contribution >= 4 is 11.8 Å². The lowest BCUT2D eigenvalue weighted by atomic mass is 9.99. The molecule has 0 aliphatic carbocycles. The van der Waals surface area contributed by atoms with E-state index in [1.54, 1.807) is 11.8 Å². The third kappa shape index (κ3) is 4.62. The highest BCUT2D eigenvalue weighted by molar-refractivity contribution is 5.94. The Labute approximate surface area is 155 Å². The van der Waals surface area contributed by atoms with Crippen molar-refractivity contribution in [2.24, 2.45) is 0 Å². The van der Waals surface area contributed by atoms with E-state index in [0.29, 0.717) is 31.6 Å². The first kappa shape index (κ1) is 18.9. The summed E-state index contributed by atoms with van der Waals surface area (Å²) in [5, 5.41) is 13.9. The molecule has 2 heterocycles. The fourth-order valence-corrected chi connectivity index (χ4v) is 4.06. The Morgan fingerprint density at radius 2 is 2.00 bits per heavy atom. The lowest BCUT2D eigenvalue weighted by molar-refractivity contribution is -0.120. The van der Waals surface area contributed by atoms with Gasteiger partial charge in [-0.25, -0.2) is 0 Å². The Morgan fingerprint density at radius 1 is 1.27 bits per heavy atom. The van der Waals surface area contributed by atoms with Crippen molar-refractivity contribution in [3.8, 4) is 0 Å². The second-order valence-corrected chi connectivity index (χ2v) is 7.82. The molecule has 3 rings (SSSR count). The summed E-state index contributed by atoms with van der Waals surface area (Å²) in [7, 11) is 0. The average molecular weight is 359 g/mol. The lowest BCUT2D eigenvalue weighted by Gasteiger charge is -2.36. The Hall–Kier alpha value is -1.92. The van der Waals surface area contributed by atoms with Crippen molar-refractivity contribution in [2.75, 3.05) is 32.7 Å². The van der Waals surface area contributed by atoms with Gasteiger partial charge in [0.25, 0.3) is 5.91 Å². The number of rotatable bonds is 4. The molecule has 0 radical (unpaired) electrons. The number of carbonyl (C=O) groups is 2. The number of piperidine rings is 1. The number of likely N-dealkylation sites (tertiary alicyclic amines) is 2. The molecule has 0 bridgehead atoms. The highest BCUT2D eigenvalue weighted by Crippen LogP contribution is 2.25. The molecule has 2 amide bonds. The molecule has 1 aromatic carbocycles. The summed E-state index contributed by atoms with van der Waals surface area (Å²) in [5.41, 5.74) is 0.901. The maximum Gasteiger partial charge on any atom is 0.253 e. The zero-order chi connectivity index (χ0) is 18.7. The van der Waals surface area contributed by atoms with Crippen molar-refractivity contribution in [1.82, 2.24) is 15.1 Å². The van der Waals surface area contributed by atoms with Crippen molar-refractivity contribution < 1.29 is 14.7 Å². The number of hydrogen-bond donors (Lipinski definition) is 2. The van der Waals surface area contributed by atoms with Crippen LogP contribution in [0.5, 0.6) is 0 Å². The van der Waals surface area contributed by atoms with E-state index >= 15 is 0 Å². The first-order valence-corrected chi connectivity index (χ1v) is 9.42. The van der Waals surface area contributed by atoms with E-state index in [-0.39, 0.29) is 17.9 Å². The number of amides is 2. The Kier molecular flexibility index (Phi) is 5.63. The standard InChI is InChI=1S/C20H29N3O3/c1-15-4-3-5-17(12-15)19(25)23-11-8-20(26,14-23)13-22-9-6-18(7-10-22)21-16(2)24/h3-5,12,18,26H,6-11,13-14H2,1-2H3,(H,21,24). The van der Waals surface area contributed by atoms with Gasteiger partial charge in [0.1, 0.15) is 0 Å². The molecule has 2 saturated heterocycles. The minimum Gasteiger partial charge on any atom is -0.387 e. The van der Waals surface area contributed by atoms with Gasteiger partial charge in [-0.15, -0.1) is 0 Å². The van der Waals surface area contributed by atoms with Gasteiger partial charge in [0.15, 0.2) is 0 Å². The first-order chi connectivity index (χ1) is 12.3. The zero-order valence-electron chi connectivity index (χ0n) is 15.7. The maximum atomic E-state index is 12.7. The van der Waals surface area contributed by atoms with Gasteiger partial charge < -0.3 is 20.2 Å². The number of nitrogens with zero attached hydrogens (tertiary/aromatic N) is 2. The molecule has 0 saturated carbocycles. The molecular formula is C20H29N3O3. The molecule has 1 aromatic rings. The maximum absolute atomic E-state index is 12.7. The molecule has 26 heavy (non-hydrogen) atoms. The molecule has 6 nitrogen and oxygen atoms in total. The van der Waals surface area contributed by atoms with Gasteiger partial charge in [-0.2, -0.15) is 0 Å². The van der Waals surface area contributed by atoms with Crippen LogP contribution in [0, 0.1) is 6.92 Å².